The van der Waals surface area contributed by atoms with E-state index in [2.05, 4.69) is 26.1 Å². The normalized spacial score (nSPS) is 13.3. The number of amides is 1. The van der Waals surface area contributed by atoms with Crippen LogP contribution >= 0.6 is 0 Å². The molecule has 0 aliphatic rings. The number of nitrogens with one attached hydrogen (secondary N) is 1. The number of rotatable bonds is 12. The number of unbranched alkanes of at least 4 members (excludes halogenated alkanes) is 2. The van der Waals surface area contributed by atoms with Crippen molar-refractivity contribution in [3.63, 3.8) is 0 Å². The van der Waals surface area contributed by atoms with Crippen molar-refractivity contribution in [2.45, 2.75) is 71.8 Å². The molecule has 0 radical (unpaired) electrons. The minimum absolute atomic E-state index is 0.0841. The zero-order chi connectivity index (χ0) is 20.4. The molecule has 1 amide bonds. The molecule has 0 aliphatic carbocycles. The van der Waals surface area contributed by atoms with E-state index in [1.54, 1.807) is 0 Å². The highest BCUT2D eigenvalue weighted by atomic mass is 16.5. The molecule has 28 heavy (non-hydrogen) atoms. The van der Waals surface area contributed by atoms with Crippen LogP contribution in [0.15, 0.2) is 36.4 Å². The summed E-state index contributed by atoms with van der Waals surface area (Å²) in [6, 6.07) is 11.9. The number of hydrogen-bond acceptors (Lipinski definition) is 3. The summed E-state index contributed by atoms with van der Waals surface area (Å²) < 4.78 is 11.9. The lowest BCUT2D eigenvalue weighted by atomic mass is 9.97. The SMILES string of the molecule is CCCCOc1ccc(NC(=O)C(C)(CCCC)OCCC)c2ccccc12. The van der Waals surface area contributed by atoms with Gasteiger partial charge in [-0.3, -0.25) is 4.79 Å². The minimum Gasteiger partial charge on any atom is -0.493 e. The monoisotopic (exact) mass is 385 g/mol. The van der Waals surface area contributed by atoms with E-state index >= 15 is 0 Å². The standard InChI is InChI=1S/C24H35NO3/c1-5-8-16-24(4,28-17-7-3)23(26)25-21-14-15-22(27-18-9-6-2)20-13-11-10-12-19(20)21/h10-15H,5-9,16-18H2,1-4H3,(H,25,26). The zero-order valence-electron chi connectivity index (χ0n) is 17.8. The second-order valence-electron chi connectivity index (χ2n) is 7.50. The molecule has 0 fully saturated rings. The van der Waals surface area contributed by atoms with Crippen LogP contribution in [-0.2, 0) is 9.53 Å². The summed E-state index contributed by atoms with van der Waals surface area (Å²) >= 11 is 0. The lowest BCUT2D eigenvalue weighted by molar-refractivity contribution is -0.140. The Morgan fingerprint density at radius 3 is 2.32 bits per heavy atom. The fraction of sp³-hybridized carbons (Fsp3) is 0.542. The van der Waals surface area contributed by atoms with Gasteiger partial charge in [-0.2, -0.15) is 0 Å². The van der Waals surface area contributed by atoms with E-state index in [-0.39, 0.29) is 5.91 Å². The van der Waals surface area contributed by atoms with Crippen LogP contribution in [0.4, 0.5) is 5.69 Å². The highest BCUT2D eigenvalue weighted by molar-refractivity contribution is 6.06. The first-order chi connectivity index (χ1) is 13.6. The maximum absolute atomic E-state index is 13.1. The molecular weight excluding hydrogens is 350 g/mol. The van der Waals surface area contributed by atoms with Gasteiger partial charge in [0.25, 0.3) is 5.91 Å². The van der Waals surface area contributed by atoms with Crippen molar-refractivity contribution in [1.29, 1.82) is 0 Å². The first kappa shape index (κ1) is 22.2. The maximum Gasteiger partial charge on any atom is 0.256 e. The van der Waals surface area contributed by atoms with E-state index in [9.17, 15) is 4.79 Å². The smallest absolute Gasteiger partial charge is 0.256 e. The van der Waals surface area contributed by atoms with Crippen molar-refractivity contribution in [2.75, 3.05) is 18.5 Å². The maximum atomic E-state index is 13.1. The molecule has 0 bridgehead atoms. The summed E-state index contributed by atoms with van der Waals surface area (Å²) in [6.07, 6.45) is 5.72. The van der Waals surface area contributed by atoms with Crippen LogP contribution in [0, 0.1) is 0 Å². The highest BCUT2D eigenvalue weighted by Gasteiger charge is 2.33. The third-order valence-corrected chi connectivity index (χ3v) is 5.00. The molecule has 0 heterocycles. The van der Waals surface area contributed by atoms with E-state index < -0.39 is 5.60 Å². The zero-order valence-corrected chi connectivity index (χ0v) is 17.8. The Balaban J connectivity index is 2.26. The van der Waals surface area contributed by atoms with Crippen LogP contribution in [0.5, 0.6) is 5.75 Å². The number of carbonyl (C=O) groups is 1. The summed E-state index contributed by atoms with van der Waals surface area (Å²) in [5, 5.41) is 5.12. The molecule has 0 aromatic heterocycles. The number of ether oxygens (including phenoxy) is 2. The predicted molar refractivity (Wildman–Crippen MR) is 117 cm³/mol. The van der Waals surface area contributed by atoms with Gasteiger partial charge in [-0.25, -0.2) is 0 Å². The van der Waals surface area contributed by atoms with Crippen LogP contribution in [0.1, 0.15) is 66.2 Å². The fourth-order valence-electron chi connectivity index (χ4n) is 3.18. The van der Waals surface area contributed by atoms with Crippen molar-refractivity contribution >= 4 is 22.4 Å². The molecule has 1 atom stereocenters. The predicted octanol–water partition coefficient (Wildman–Crippen LogP) is 6.33. The van der Waals surface area contributed by atoms with Gasteiger partial charge in [-0.15, -0.1) is 0 Å². The molecule has 0 saturated carbocycles. The molecule has 0 spiro atoms. The molecule has 0 saturated heterocycles. The van der Waals surface area contributed by atoms with E-state index in [0.29, 0.717) is 19.6 Å². The second kappa shape index (κ2) is 11.1. The summed E-state index contributed by atoms with van der Waals surface area (Å²) in [7, 11) is 0. The molecule has 2 rings (SSSR count). The van der Waals surface area contributed by atoms with Crippen molar-refractivity contribution in [1.82, 2.24) is 0 Å². The Kier molecular flexibility index (Phi) is 8.78. The Morgan fingerprint density at radius 2 is 1.64 bits per heavy atom. The molecule has 2 aromatic rings. The topological polar surface area (TPSA) is 47.6 Å². The van der Waals surface area contributed by atoms with Crippen LogP contribution in [0.2, 0.25) is 0 Å². The number of carbonyl (C=O) groups excluding carboxylic acids is 1. The van der Waals surface area contributed by atoms with Crippen molar-refractivity contribution in [2.24, 2.45) is 0 Å². The second-order valence-corrected chi connectivity index (χ2v) is 7.50. The van der Waals surface area contributed by atoms with Crippen LogP contribution in [-0.4, -0.2) is 24.7 Å². The summed E-state index contributed by atoms with van der Waals surface area (Å²) in [4.78, 5) is 13.1. The van der Waals surface area contributed by atoms with E-state index in [0.717, 1.165) is 54.3 Å². The average Bonchev–Trinajstić information content (AvgIpc) is 2.72. The van der Waals surface area contributed by atoms with Gasteiger partial charge in [0.15, 0.2) is 0 Å². The van der Waals surface area contributed by atoms with Gasteiger partial charge in [0.05, 0.1) is 6.61 Å². The first-order valence-electron chi connectivity index (χ1n) is 10.7. The van der Waals surface area contributed by atoms with Gasteiger partial charge in [0.2, 0.25) is 0 Å². The molecule has 0 aliphatic heterocycles. The molecule has 154 valence electrons. The Bertz CT molecular complexity index is 749. The largest absolute Gasteiger partial charge is 0.493 e. The molecule has 4 heteroatoms. The average molecular weight is 386 g/mol. The van der Waals surface area contributed by atoms with Gasteiger partial charge in [0.1, 0.15) is 11.4 Å². The van der Waals surface area contributed by atoms with Crippen molar-refractivity contribution in [3.8, 4) is 5.75 Å². The number of fused-ring (bicyclic) bond motifs is 1. The Hall–Kier alpha value is -2.07. The first-order valence-corrected chi connectivity index (χ1v) is 10.7. The van der Waals surface area contributed by atoms with Crippen molar-refractivity contribution in [3.05, 3.63) is 36.4 Å². The third kappa shape index (κ3) is 5.71. The summed E-state index contributed by atoms with van der Waals surface area (Å²) in [5.74, 6) is 0.775. The summed E-state index contributed by atoms with van der Waals surface area (Å²) in [6.45, 7) is 9.52. The Labute approximate surface area is 169 Å². The lowest BCUT2D eigenvalue weighted by Crippen LogP contribution is -2.43. The lowest BCUT2D eigenvalue weighted by Gasteiger charge is -2.29. The van der Waals surface area contributed by atoms with Gasteiger partial charge >= 0.3 is 0 Å². The van der Waals surface area contributed by atoms with Crippen molar-refractivity contribution < 1.29 is 14.3 Å². The number of benzene rings is 2. The fourth-order valence-corrected chi connectivity index (χ4v) is 3.18. The highest BCUT2D eigenvalue weighted by Crippen LogP contribution is 2.33. The van der Waals surface area contributed by atoms with Crippen LogP contribution in [0.3, 0.4) is 0 Å². The third-order valence-electron chi connectivity index (χ3n) is 5.00. The molecular formula is C24H35NO3. The molecule has 1 unspecified atom stereocenters. The summed E-state index contributed by atoms with van der Waals surface area (Å²) in [5.41, 5.74) is -0.0186. The molecule has 2 aromatic carbocycles. The van der Waals surface area contributed by atoms with Gasteiger partial charge in [-0.05, 0) is 38.3 Å². The minimum atomic E-state index is -0.816. The van der Waals surface area contributed by atoms with Crippen LogP contribution < -0.4 is 10.1 Å². The van der Waals surface area contributed by atoms with Gasteiger partial charge < -0.3 is 14.8 Å². The van der Waals surface area contributed by atoms with E-state index in [1.165, 1.54) is 0 Å². The quantitative estimate of drug-likeness (QED) is 0.434. The molecule has 1 N–H and O–H groups in total. The van der Waals surface area contributed by atoms with E-state index in [1.807, 2.05) is 43.3 Å². The number of anilines is 1. The molecule has 4 nitrogen and oxygen atoms in total. The van der Waals surface area contributed by atoms with Crippen LogP contribution in [0.25, 0.3) is 10.8 Å². The number of hydrogen-bond donors (Lipinski definition) is 1. The van der Waals surface area contributed by atoms with E-state index in [4.69, 9.17) is 9.47 Å². The van der Waals surface area contributed by atoms with Gasteiger partial charge in [-0.1, -0.05) is 64.3 Å². The Morgan fingerprint density at radius 1 is 0.929 bits per heavy atom. The van der Waals surface area contributed by atoms with Gasteiger partial charge in [0, 0.05) is 23.1 Å².